The van der Waals surface area contributed by atoms with Crippen molar-refractivity contribution in [3.05, 3.63) is 34.9 Å². The van der Waals surface area contributed by atoms with Crippen molar-refractivity contribution in [2.45, 2.75) is 32.2 Å². The van der Waals surface area contributed by atoms with Gasteiger partial charge in [-0.2, -0.15) is 12.6 Å². The van der Waals surface area contributed by atoms with Crippen molar-refractivity contribution in [3.63, 3.8) is 0 Å². The molecule has 1 aromatic rings. The topological polar surface area (TPSA) is 3.24 Å². The molecule has 18 heavy (non-hydrogen) atoms. The summed E-state index contributed by atoms with van der Waals surface area (Å²) in [7, 11) is 2.20. The van der Waals surface area contributed by atoms with Gasteiger partial charge >= 0.3 is 0 Å². The molecule has 3 heteroatoms. The SMILES string of the molecule is CC(c1cccc(Cl)c1)N(C)CC1(CS)CCC1. The summed E-state index contributed by atoms with van der Waals surface area (Å²) in [4.78, 5) is 2.43. The number of hydrogen-bond donors (Lipinski definition) is 1. The fraction of sp³-hybridized carbons (Fsp3) is 0.600. The standard InChI is InChI=1S/C15H22ClNS/c1-12(13-5-3-6-14(16)9-13)17(2)10-15(11-18)7-4-8-15/h3,5-6,9,12,18H,4,7-8,10-11H2,1-2H3. The van der Waals surface area contributed by atoms with Crippen LogP contribution in [0.4, 0.5) is 0 Å². The lowest BCUT2D eigenvalue weighted by Crippen LogP contribution is -2.43. The van der Waals surface area contributed by atoms with Crippen LogP contribution in [0.3, 0.4) is 0 Å². The molecule has 1 atom stereocenters. The molecular weight excluding hydrogens is 262 g/mol. The molecule has 0 spiro atoms. The minimum absolute atomic E-state index is 0.404. The first kappa shape index (κ1) is 14.2. The molecule has 0 heterocycles. The maximum atomic E-state index is 6.06. The summed E-state index contributed by atoms with van der Waals surface area (Å²) in [5, 5.41) is 0.820. The van der Waals surface area contributed by atoms with Crippen LogP contribution < -0.4 is 0 Å². The molecule has 2 rings (SSSR count). The van der Waals surface area contributed by atoms with Gasteiger partial charge in [0.15, 0.2) is 0 Å². The molecular formula is C15H22ClNS. The fourth-order valence-electron chi connectivity index (χ4n) is 2.73. The second-order valence-corrected chi connectivity index (χ2v) is 6.41. The highest BCUT2D eigenvalue weighted by atomic mass is 35.5. The van der Waals surface area contributed by atoms with Gasteiger partial charge < -0.3 is 0 Å². The minimum atomic E-state index is 0.404. The van der Waals surface area contributed by atoms with Crippen LogP contribution in [0.2, 0.25) is 5.02 Å². The molecule has 0 amide bonds. The Kier molecular flexibility index (Phi) is 4.63. The molecule has 1 aromatic carbocycles. The van der Waals surface area contributed by atoms with E-state index in [0.717, 1.165) is 17.3 Å². The van der Waals surface area contributed by atoms with Gasteiger partial charge in [-0.3, -0.25) is 4.90 Å². The Bertz CT molecular complexity index is 398. The lowest BCUT2D eigenvalue weighted by atomic mass is 9.70. The van der Waals surface area contributed by atoms with Crippen LogP contribution >= 0.6 is 24.2 Å². The van der Waals surface area contributed by atoms with Gasteiger partial charge in [-0.05, 0) is 55.7 Å². The third-order valence-corrected chi connectivity index (χ3v) is 5.23. The van der Waals surface area contributed by atoms with Crippen molar-refractivity contribution in [2.75, 3.05) is 19.3 Å². The second-order valence-electron chi connectivity index (χ2n) is 5.66. The molecule has 0 bridgehead atoms. The van der Waals surface area contributed by atoms with Gasteiger partial charge in [0.2, 0.25) is 0 Å². The molecule has 0 aliphatic heterocycles. The third-order valence-electron chi connectivity index (χ3n) is 4.33. The summed E-state index contributed by atoms with van der Waals surface area (Å²) in [6, 6.07) is 8.58. The Morgan fingerprint density at radius 3 is 2.67 bits per heavy atom. The van der Waals surface area contributed by atoms with E-state index in [4.69, 9.17) is 11.6 Å². The summed E-state index contributed by atoms with van der Waals surface area (Å²) in [6.45, 7) is 3.38. The highest BCUT2D eigenvalue weighted by molar-refractivity contribution is 7.80. The molecule has 100 valence electrons. The average molecular weight is 284 g/mol. The molecule has 1 unspecified atom stereocenters. The Hall–Kier alpha value is -0.180. The minimum Gasteiger partial charge on any atom is -0.299 e. The molecule has 0 aromatic heterocycles. The Morgan fingerprint density at radius 2 is 2.17 bits per heavy atom. The summed E-state index contributed by atoms with van der Waals surface area (Å²) in [5.74, 6) is 1.000. The highest BCUT2D eigenvalue weighted by Crippen LogP contribution is 2.43. The third kappa shape index (κ3) is 3.04. The lowest BCUT2D eigenvalue weighted by molar-refractivity contribution is 0.0855. The van der Waals surface area contributed by atoms with Crippen LogP contribution in [0.25, 0.3) is 0 Å². The van der Waals surface area contributed by atoms with E-state index in [1.165, 1.54) is 24.8 Å². The van der Waals surface area contributed by atoms with Crippen LogP contribution in [-0.4, -0.2) is 24.2 Å². The van der Waals surface area contributed by atoms with Gasteiger partial charge in [-0.15, -0.1) is 0 Å². The first-order valence-electron chi connectivity index (χ1n) is 6.63. The van der Waals surface area contributed by atoms with Crippen LogP contribution in [-0.2, 0) is 0 Å². The summed E-state index contributed by atoms with van der Waals surface area (Å²) >= 11 is 10.6. The highest BCUT2D eigenvalue weighted by Gasteiger charge is 2.37. The number of rotatable bonds is 5. The lowest BCUT2D eigenvalue weighted by Gasteiger charge is -2.44. The zero-order chi connectivity index (χ0) is 13.2. The second kappa shape index (κ2) is 5.85. The van der Waals surface area contributed by atoms with Crippen molar-refractivity contribution in [1.82, 2.24) is 4.90 Å². The van der Waals surface area contributed by atoms with Gasteiger partial charge in [0.1, 0.15) is 0 Å². The van der Waals surface area contributed by atoms with Crippen LogP contribution in [0.5, 0.6) is 0 Å². The normalized spacial score (nSPS) is 19.6. The van der Waals surface area contributed by atoms with Gasteiger partial charge in [-0.25, -0.2) is 0 Å². The predicted octanol–water partition coefficient (Wildman–Crippen LogP) is 4.43. The van der Waals surface area contributed by atoms with Gasteiger partial charge in [-0.1, -0.05) is 30.2 Å². The quantitative estimate of drug-likeness (QED) is 0.782. The van der Waals surface area contributed by atoms with E-state index in [0.29, 0.717) is 11.5 Å². The van der Waals surface area contributed by atoms with E-state index < -0.39 is 0 Å². The Balaban J connectivity index is 2.02. The van der Waals surface area contributed by atoms with Crippen molar-refractivity contribution < 1.29 is 0 Å². The smallest absolute Gasteiger partial charge is 0.0409 e. The van der Waals surface area contributed by atoms with E-state index in [-0.39, 0.29) is 0 Å². The molecule has 0 saturated heterocycles. The molecule has 1 nitrogen and oxygen atoms in total. The molecule has 1 aliphatic rings. The van der Waals surface area contributed by atoms with E-state index in [1.54, 1.807) is 0 Å². The summed E-state index contributed by atoms with van der Waals surface area (Å²) in [5.41, 5.74) is 1.74. The van der Waals surface area contributed by atoms with Gasteiger partial charge in [0.05, 0.1) is 0 Å². The zero-order valence-corrected chi connectivity index (χ0v) is 12.8. The number of benzene rings is 1. The van der Waals surface area contributed by atoms with Crippen LogP contribution in [0.1, 0.15) is 37.8 Å². The fourth-order valence-corrected chi connectivity index (χ4v) is 3.34. The van der Waals surface area contributed by atoms with Crippen molar-refractivity contribution >= 4 is 24.2 Å². The Labute approximate surface area is 121 Å². The molecule has 1 fully saturated rings. The Morgan fingerprint density at radius 1 is 1.44 bits per heavy atom. The maximum absolute atomic E-state index is 6.06. The first-order valence-corrected chi connectivity index (χ1v) is 7.64. The first-order chi connectivity index (χ1) is 8.56. The number of nitrogens with zero attached hydrogens (tertiary/aromatic N) is 1. The van der Waals surface area contributed by atoms with Gasteiger partial charge in [0, 0.05) is 17.6 Å². The van der Waals surface area contributed by atoms with E-state index in [2.05, 4.69) is 43.6 Å². The maximum Gasteiger partial charge on any atom is 0.0409 e. The summed E-state index contributed by atoms with van der Waals surface area (Å²) < 4.78 is 0. The van der Waals surface area contributed by atoms with Crippen LogP contribution in [0, 0.1) is 5.41 Å². The predicted molar refractivity (Wildman–Crippen MR) is 82.6 cm³/mol. The molecule has 1 saturated carbocycles. The molecule has 1 aliphatic carbocycles. The largest absolute Gasteiger partial charge is 0.299 e. The number of halogens is 1. The van der Waals surface area contributed by atoms with Crippen molar-refractivity contribution in [3.8, 4) is 0 Å². The summed E-state index contributed by atoms with van der Waals surface area (Å²) in [6.07, 6.45) is 4.01. The van der Waals surface area contributed by atoms with E-state index >= 15 is 0 Å². The zero-order valence-electron chi connectivity index (χ0n) is 11.2. The van der Waals surface area contributed by atoms with Gasteiger partial charge in [0.25, 0.3) is 0 Å². The van der Waals surface area contributed by atoms with E-state index in [1.807, 2.05) is 12.1 Å². The number of hydrogen-bond acceptors (Lipinski definition) is 2. The van der Waals surface area contributed by atoms with Crippen molar-refractivity contribution in [1.29, 1.82) is 0 Å². The molecule has 0 radical (unpaired) electrons. The average Bonchev–Trinajstić information content (AvgIpc) is 2.32. The van der Waals surface area contributed by atoms with Crippen molar-refractivity contribution in [2.24, 2.45) is 5.41 Å². The van der Waals surface area contributed by atoms with E-state index in [9.17, 15) is 0 Å². The molecule has 0 N–H and O–H groups in total. The number of thiol groups is 1. The van der Waals surface area contributed by atoms with Crippen LogP contribution in [0.15, 0.2) is 24.3 Å². The monoisotopic (exact) mass is 283 g/mol.